The van der Waals surface area contributed by atoms with Crippen LogP contribution in [0.2, 0.25) is 0 Å². The van der Waals surface area contributed by atoms with Crippen molar-refractivity contribution in [3.8, 4) is 0 Å². The number of ether oxygens (including phenoxy) is 1. The first-order chi connectivity index (χ1) is 10.5. The summed E-state index contributed by atoms with van der Waals surface area (Å²) in [5.74, 6) is -1.01. The van der Waals surface area contributed by atoms with E-state index >= 15 is 0 Å². The minimum Gasteiger partial charge on any atom is -0.394 e. The average Bonchev–Trinajstić information content (AvgIpc) is 2.44. The lowest BCUT2D eigenvalue weighted by Gasteiger charge is -2.29. The lowest BCUT2D eigenvalue weighted by atomic mass is 10.1. The van der Waals surface area contributed by atoms with Crippen LogP contribution in [-0.4, -0.2) is 63.5 Å². The Hall–Kier alpha value is -1.48. The Labute approximate surface area is 107 Å². The van der Waals surface area contributed by atoms with Gasteiger partial charge in [0.15, 0.2) is 6.20 Å². The number of amidine groups is 1. The summed E-state index contributed by atoms with van der Waals surface area (Å²) in [4.78, 5) is 7.06. The van der Waals surface area contributed by atoms with Gasteiger partial charge in [-0.3, -0.25) is 4.90 Å². The largest absolute Gasteiger partial charge is 0.394 e. The second-order valence-corrected chi connectivity index (χ2v) is 2.98. The van der Waals surface area contributed by atoms with Crippen molar-refractivity contribution in [2.45, 2.75) is 24.4 Å². The van der Waals surface area contributed by atoms with Crippen molar-refractivity contribution in [3.05, 3.63) is 12.4 Å². The summed E-state index contributed by atoms with van der Waals surface area (Å²) in [7, 11) is 0. The molecule has 8 heteroatoms. The first-order valence-electron chi connectivity index (χ1n) is 7.79. The molecular weight excluding hydrogens is 228 g/mol. The number of rotatable bonds is 2. The quantitative estimate of drug-likeness (QED) is 0.431. The topological polar surface area (TPSA) is 124 Å². The predicted octanol–water partition coefficient (Wildman–Crippen LogP) is -2.44. The molecular formula is C9H14N4O4. The molecule has 1 unspecified atom stereocenters. The highest BCUT2D eigenvalue weighted by molar-refractivity contribution is 5.89. The van der Waals surface area contributed by atoms with Crippen molar-refractivity contribution in [2.24, 2.45) is 15.7 Å². The Morgan fingerprint density at radius 2 is 2.41 bits per heavy atom. The number of nitrogens with zero attached hydrogens (tertiary/aromatic N) is 3. The first kappa shape index (κ1) is 5.91. The van der Waals surface area contributed by atoms with Gasteiger partial charge in [-0.15, -0.1) is 0 Å². The molecule has 0 radical (unpaired) electrons. The zero-order valence-electron chi connectivity index (χ0n) is 15.4. The van der Waals surface area contributed by atoms with Gasteiger partial charge in [0, 0.05) is 0 Å². The van der Waals surface area contributed by atoms with E-state index in [-0.39, 0.29) is 4.90 Å². The summed E-state index contributed by atoms with van der Waals surface area (Å²) in [5.41, 5.74) is 5.28. The van der Waals surface area contributed by atoms with Crippen molar-refractivity contribution in [2.75, 3.05) is 6.56 Å². The lowest BCUT2D eigenvalue weighted by Crippen LogP contribution is -2.44. The molecule has 2 aliphatic heterocycles. The molecule has 1 saturated heterocycles. The summed E-state index contributed by atoms with van der Waals surface area (Å²) < 4.78 is 57.9. The summed E-state index contributed by atoms with van der Waals surface area (Å²) in [6.07, 6.45) is -15.7. The molecule has 0 spiro atoms. The molecule has 5 N–H and O–H groups in total. The highest BCUT2D eigenvalue weighted by atomic mass is 16.6. The molecule has 0 saturated carbocycles. The van der Waals surface area contributed by atoms with Crippen LogP contribution in [0.3, 0.4) is 0 Å². The van der Waals surface area contributed by atoms with Gasteiger partial charge in [-0.25, -0.2) is 4.99 Å². The monoisotopic (exact) mass is 249 g/mol. The standard InChI is InChI=1S/C9H14N4O4/c1-4-12-9(10)11-3-13(4)8-7(16)6(15)5(2-14)17-8/h3,5-8,14-16H,1-2H2,(H2,10,12)/t5-,6?,7+,8-/m1/s1/i2D2,3D,5D,6D,7D,8D. The Bertz CT molecular complexity index is 663. The zero-order valence-corrected chi connectivity index (χ0v) is 8.38. The van der Waals surface area contributed by atoms with Gasteiger partial charge in [-0.2, -0.15) is 4.99 Å². The smallest absolute Gasteiger partial charge is 0.223 e. The maximum Gasteiger partial charge on any atom is 0.223 e. The maximum atomic E-state index is 10.2. The molecule has 0 aromatic rings. The molecule has 2 aliphatic rings. The van der Waals surface area contributed by atoms with Gasteiger partial charge in [0.2, 0.25) is 5.96 Å². The fraction of sp³-hybridized carbons (Fsp3) is 0.556. The van der Waals surface area contributed by atoms with E-state index in [1.807, 2.05) is 0 Å². The second-order valence-electron chi connectivity index (χ2n) is 2.98. The van der Waals surface area contributed by atoms with Crippen LogP contribution in [0.5, 0.6) is 0 Å². The van der Waals surface area contributed by atoms with Gasteiger partial charge < -0.3 is 25.8 Å². The fourth-order valence-corrected chi connectivity index (χ4v) is 1.16. The van der Waals surface area contributed by atoms with Crippen LogP contribution in [0.15, 0.2) is 22.4 Å². The van der Waals surface area contributed by atoms with E-state index in [0.29, 0.717) is 0 Å². The third-order valence-electron chi connectivity index (χ3n) is 1.91. The SMILES string of the molecule is [2H]C1=NC(N)=NC(=C)N1[C@]1([2H])O[C@]([2H])(C([2H])([2H])O)C([2H])(O)[C@]1([2H])O. The van der Waals surface area contributed by atoms with E-state index in [2.05, 4.69) is 21.3 Å². The van der Waals surface area contributed by atoms with Crippen molar-refractivity contribution in [3.63, 3.8) is 0 Å². The number of aliphatic hydroxyl groups is 3. The summed E-state index contributed by atoms with van der Waals surface area (Å²) in [6.45, 7) is -0.465. The summed E-state index contributed by atoms with van der Waals surface area (Å²) >= 11 is 0. The Morgan fingerprint density at radius 3 is 2.94 bits per heavy atom. The Morgan fingerprint density at radius 1 is 1.71 bits per heavy atom. The Kier molecular flexibility index (Phi) is 1.54. The lowest BCUT2D eigenvalue weighted by molar-refractivity contribution is -0.0607. The van der Waals surface area contributed by atoms with Crippen molar-refractivity contribution >= 4 is 12.3 Å². The number of aliphatic imine (C=N–C) groups is 2. The Balaban J connectivity index is 2.67. The van der Waals surface area contributed by atoms with Gasteiger partial charge in [0.05, 0.1) is 14.8 Å². The van der Waals surface area contributed by atoms with Crippen LogP contribution in [0.25, 0.3) is 0 Å². The van der Waals surface area contributed by atoms with Gasteiger partial charge in [0.25, 0.3) is 0 Å². The van der Waals surface area contributed by atoms with E-state index in [0.717, 1.165) is 0 Å². The number of hydrogen-bond acceptors (Lipinski definition) is 8. The van der Waals surface area contributed by atoms with Crippen LogP contribution in [0, 0.1) is 0 Å². The van der Waals surface area contributed by atoms with E-state index in [4.69, 9.17) is 15.3 Å². The number of guanidine groups is 1. The van der Waals surface area contributed by atoms with E-state index in [9.17, 15) is 15.3 Å². The van der Waals surface area contributed by atoms with Crippen molar-refractivity contribution in [1.82, 2.24) is 4.90 Å². The summed E-state index contributed by atoms with van der Waals surface area (Å²) in [5, 5.41) is 29.7. The van der Waals surface area contributed by atoms with Crippen LogP contribution < -0.4 is 5.73 Å². The van der Waals surface area contributed by atoms with Crippen molar-refractivity contribution in [1.29, 1.82) is 0 Å². The maximum absolute atomic E-state index is 10.2. The molecule has 4 atom stereocenters. The van der Waals surface area contributed by atoms with Crippen LogP contribution in [-0.2, 0) is 4.74 Å². The highest BCUT2D eigenvalue weighted by Gasteiger charge is 2.45. The molecule has 2 rings (SSSR count). The highest BCUT2D eigenvalue weighted by Crippen LogP contribution is 2.26. The molecule has 94 valence electrons. The molecule has 17 heavy (non-hydrogen) atoms. The molecule has 0 aliphatic carbocycles. The molecule has 0 aromatic carbocycles. The molecule has 0 aromatic heterocycles. The molecule has 2 heterocycles. The van der Waals surface area contributed by atoms with Crippen LogP contribution in [0.4, 0.5) is 0 Å². The fourth-order valence-electron chi connectivity index (χ4n) is 1.16. The van der Waals surface area contributed by atoms with Gasteiger partial charge in [-0.1, -0.05) is 6.58 Å². The van der Waals surface area contributed by atoms with E-state index in [1.165, 1.54) is 0 Å². The predicted molar refractivity (Wildman–Crippen MR) is 58.9 cm³/mol. The minimum absolute atomic E-state index is 0.220. The zero-order chi connectivity index (χ0) is 18.9. The van der Waals surface area contributed by atoms with Gasteiger partial charge in [-0.05, 0) is 0 Å². The average molecular weight is 249 g/mol. The molecule has 0 bridgehead atoms. The van der Waals surface area contributed by atoms with Crippen LogP contribution >= 0.6 is 0 Å². The van der Waals surface area contributed by atoms with Gasteiger partial charge >= 0.3 is 0 Å². The first-order valence-corrected chi connectivity index (χ1v) is 4.29. The molecule has 8 nitrogen and oxygen atoms in total. The third-order valence-corrected chi connectivity index (χ3v) is 1.91. The summed E-state index contributed by atoms with van der Waals surface area (Å²) in [6, 6.07) is 0. The van der Waals surface area contributed by atoms with Crippen molar-refractivity contribution < 1.29 is 29.7 Å². The van der Waals surface area contributed by atoms with Gasteiger partial charge in [0.1, 0.15) is 31.7 Å². The second kappa shape index (κ2) is 4.41. The van der Waals surface area contributed by atoms with E-state index < -0.39 is 49.1 Å². The normalized spacial score (nSPS) is 62.2. The van der Waals surface area contributed by atoms with Crippen LogP contribution in [0.1, 0.15) is 9.60 Å². The van der Waals surface area contributed by atoms with E-state index in [1.54, 1.807) is 0 Å². The minimum atomic E-state index is -3.87. The third kappa shape index (κ3) is 2.03. The number of hydrogen-bond donors (Lipinski definition) is 4. The molecule has 0 amide bonds. The number of nitrogens with two attached hydrogens (primary N) is 1. The molecule has 1 fully saturated rings.